The van der Waals surface area contributed by atoms with E-state index in [4.69, 9.17) is 9.05 Å². The highest BCUT2D eigenvalue weighted by Crippen LogP contribution is 2.35. The van der Waals surface area contributed by atoms with Crippen LogP contribution < -0.4 is 0 Å². The molecule has 140 valence electrons. The maximum absolute atomic E-state index is 13.0. The molecule has 0 bridgehead atoms. The maximum atomic E-state index is 13.0. The molecule has 2 aromatic rings. The maximum Gasteiger partial charge on any atom is 0.293 e. The fourth-order valence-electron chi connectivity index (χ4n) is 4.29. The molecule has 1 saturated heterocycles. The molecule has 6 nitrogen and oxygen atoms in total. The Balaban J connectivity index is 1.48. The molecule has 26 heavy (non-hydrogen) atoms. The quantitative estimate of drug-likeness (QED) is 0.779. The summed E-state index contributed by atoms with van der Waals surface area (Å²) < 4.78 is 10.8. The Morgan fingerprint density at radius 2 is 1.88 bits per heavy atom. The van der Waals surface area contributed by atoms with Gasteiger partial charge in [-0.2, -0.15) is 0 Å². The molecule has 3 heterocycles. The Bertz CT molecular complexity index is 745. The van der Waals surface area contributed by atoms with Crippen molar-refractivity contribution in [2.24, 2.45) is 0 Å². The van der Waals surface area contributed by atoms with Crippen LogP contribution in [-0.2, 0) is 6.42 Å². The van der Waals surface area contributed by atoms with Gasteiger partial charge in [0.1, 0.15) is 11.5 Å². The number of aromatic nitrogens is 2. The molecule has 0 spiro atoms. The number of carbonyl (C=O) groups is 1. The minimum atomic E-state index is -0.0814. The monoisotopic (exact) mass is 357 g/mol. The lowest BCUT2D eigenvalue weighted by molar-refractivity contribution is 0.0688. The van der Waals surface area contributed by atoms with Gasteiger partial charge in [-0.15, -0.1) is 0 Å². The van der Waals surface area contributed by atoms with Crippen LogP contribution >= 0.6 is 0 Å². The molecule has 1 saturated carbocycles. The summed E-state index contributed by atoms with van der Waals surface area (Å²) >= 11 is 0. The first-order valence-electron chi connectivity index (χ1n) is 9.99. The molecule has 1 aliphatic heterocycles. The van der Waals surface area contributed by atoms with Crippen LogP contribution in [0.1, 0.15) is 98.0 Å². The van der Waals surface area contributed by atoms with Gasteiger partial charge in [-0.1, -0.05) is 36.5 Å². The van der Waals surface area contributed by atoms with Crippen molar-refractivity contribution in [1.29, 1.82) is 0 Å². The van der Waals surface area contributed by atoms with Gasteiger partial charge in [-0.25, -0.2) is 0 Å². The molecule has 0 unspecified atom stereocenters. The molecule has 2 aliphatic rings. The van der Waals surface area contributed by atoms with Gasteiger partial charge >= 0.3 is 0 Å². The molecular weight excluding hydrogens is 330 g/mol. The first-order chi connectivity index (χ1) is 12.8. The highest BCUT2D eigenvalue weighted by Gasteiger charge is 2.35. The number of likely N-dealkylation sites (tertiary alicyclic amines) is 1. The molecule has 0 radical (unpaired) electrons. The molecule has 6 heteroatoms. The second-order valence-electron chi connectivity index (χ2n) is 7.58. The number of aryl methyl sites for hydroxylation is 1. The number of nitrogens with zero attached hydrogens (tertiary/aromatic N) is 3. The number of hydrogen-bond acceptors (Lipinski definition) is 5. The van der Waals surface area contributed by atoms with E-state index >= 15 is 0 Å². The molecule has 2 aromatic heterocycles. The summed E-state index contributed by atoms with van der Waals surface area (Å²) in [6.07, 6.45) is 9.83. The van der Waals surface area contributed by atoms with Gasteiger partial charge in [0.15, 0.2) is 0 Å². The number of rotatable bonds is 5. The highest BCUT2D eigenvalue weighted by atomic mass is 16.5. The number of carbonyl (C=O) groups excluding carboxylic acids is 1. The Kier molecular flexibility index (Phi) is 5.09. The van der Waals surface area contributed by atoms with Gasteiger partial charge in [-0.05, 0) is 32.1 Å². The summed E-state index contributed by atoms with van der Waals surface area (Å²) in [7, 11) is 0. The molecule has 4 rings (SSSR count). The first-order valence-corrected chi connectivity index (χ1v) is 9.99. The van der Waals surface area contributed by atoms with Crippen LogP contribution in [0.2, 0.25) is 0 Å². The van der Waals surface area contributed by atoms with Gasteiger partial charge in [-0.3, -0.25) is 4.79 Å². The van der Waals surface area contributed by atoms with E-state index in [0.29, 0.717) is 11.7 Å². The van der Waals surface area contributed by atoms with Crippen LogP contribution in [0.25, 0.3) is 0 Å². The predicted molar refractivity (Wildman–Crippen MR) is 95.8 cm³/mol. The molecular formula is C20H27N3O3. The average molecular weight is 357 g/mol. The van der Waals surface area contributed by atoms with Gasteiger partial charge < -0.3 is 13.9 Å². The molecule has 0 N–H and O–H groups in total. The average Bonchev–Trinajstić information content (AvgIpc) is 3.42. The van der Waals surface area contributed by atoms with Crippen LogP contribution in [0.5, 0.6) is 0 Å². The normalized spacial score (nSPS) is 21.4. The van der Waals surface area contributed by atoms with Crippen LogP contribution in [0.4, 0.5) is 0 Å². The fraction of sp³-hybridized carbons (Fsp3) is 0.650. The fourth-order valence-corrected chi connectivity index (χ4v) is 4.29. The van der Waals surface area contributed by atoms with Gasteiger partial charge in [0.05, 0.1) is 11.7 Å². The third kappa shape index (κ3) is 3.41. The number of hydrogen-bond donors (Lipinski definition) is 0. The van der Waals surface area contributed by atoms with Crippen molar-refractivity contribution in [2.75, 3.05) is 6.54 Å². The minimum absolute atomic E-state index is 0.0277. The molecule has 1 aliphatic carbocycles. The SMILES string of the molecule is CCCc1cc([C@H]2CCCN2C(=O)c2cc(C3CCCCC3)no2)no1. The predicted octanol–water partition coefficient (Wildman–Crippen LogP) is 4.64. The Labute approximate surface area is 153 Å². The van der Waals surface area contributed by atoms with Gasteiger partial charge in [0.2, 0.25) is 5.76 Å². The molecule has 0 aromatic carbocycles. The third-order valence-electron chi connectivity index (χ3n) is 5.69. The van der Waals surface area contributed by atoms with Crippen LogP contribution in [0, 0.1) is 0 Å². The topological polar surface area (TPSA) is 72.4 Å². The Morgan fingerprint density at radius 1 is 1.08 bits per heavy atom. The highest BCUT2D eigenvalue weighted by molar-refractivity contribution is 5.92. The van der Waals surface area contributed by atoms with E-state index < -0.39 is 0 Å². The lowest BCUT2D eigenvalue weighted by atomic mass is 9.87. The van der Waals surface area contributed by atoms with Crippen molar-refractivity contribution in [2.45, 2.75) is 76.7 Å². The first kappa shape index (κ1) is 17.3. The smallest absolute Gasteiger partial charge is 0.293 e. The zero-order chi connectivity index (χ0) is 17.9. The van der Waals surface area contributed by atoms with Gasteiger partial charge in [0.25, 0.3) is 5.91 Å². The minimum Gasteiger partial charge on any atom is -0.361 e. The standard InChI is InChI=1S/C20H27N3O3/c1-2-7-15-12-17(22-25-15)18-10-6-11-23(18)20(24)19-13-16(21-26-19)14-8-4-3-5-9-14/h12-14,18H,2-11H2,1H3/t18-/m1/s1. The van der Waals surface area contributed by atoms with E-state index in [0.717, 1.165) is 62.2 Å². The van der Waals surface area contributed by atoms with Crippen molar-refractivity contribution in [3.8, 4) is 0 Å². The summed E-state index contributed by atoms with van der Waals surface area (Å²) in [4.78, 5) is 14.9. The Morgan fingerprint density at radius 3 is 2.69 bits per heavy atom. The van der Waals surface area contributed by atoms with Crippen molar-refractivity contribution in [1.82, 2.24) is 15.2 Å². The summed E-state index contributed by atoms with van der Waals surface area (Å²) in [6.45, 7) is 2.83. The summed E-state index contributed by atoms with van der Waals surface area (Å²) in [5, 5.41) is 8.41. The van der Waals surface area contributed by atoms with Crippen molar-refractivity contribution in [3.05, 3.63) is 35.0 Å². The lowest BCUT2D eigenvalue weighted by Crippen LogP contribution is -2.30. The van der Waals surface area contributed by atoms with E-state index in [1.54, 1.807) is 0 Å². The molecule has 1 atom stereocenters. The van der Waals surface area contributed by atoms with E-state index in [1.165, 1.54) is 19.3 Å². The van der Waals surface area contributed by atoms with Crippen LogP contribution in [-0.4, -0.2) is 27.7 Å². The van der Waals surface area contributed by atoms with Gasteiger partial charge in [0, 0.05) is 31.0 Å². The zero-order valence-corrected chi connectivity index (χ0v) is 15.4. The molecule has 1 amide bonds. The Hall–Kier alpha value is -2.11. The summed E-state index contributed by atoms with van der Waals surface area (Å²) in [6, 6.07) is 3.83. The summed E-state index contributed by atoms with van der Waals surface area (Å²) in [5.74, 6) is 1.61. The van der Waals surface area contributed by atoms with Crippen LogP contribution in [0.15, 0.2) is 21.2 Å². The van der Waals surface area contributed by atoms with Crippen molar-refractivity contribution < 1.29 is 13.8 Å². The second-order valence-corrected chi connectivity index (χ2v) is 7.58. The van der Waals surface area contributed by atoms with Crippen LogP contribution in [0.3, 0.4) is 0 Å². The number of amides is 1. The largest absolute Gasteiger partial charge is 0.361 e. The zero-order valence-electron chi connectivity index (χ0n) is 15.4. The van der Waals surface area contributed by atoms with E-state index in [1.807, 2.05) is 17.0 Å². The van der Waals surface area contributed by atoms with E-state index in [2.05, 4.69) is 17.2 Å². The molecule has 2 fully saturated rings. The lowest BCUT2D eigenvalue weighted by Gasteiger charge is -2.21. The van der Waals surface area contributed by atoms with Crippen molar-refractivity contribution >= 4 is 5.91 Å². The van der Waals surface area contributed by atoms with E-state index in [9.17, 15) is 4.79 Å². The summed E-state index contributed by atoms with van der Waals surface area (Å²) in [5.41, 5.74) is 1.79. The van der Waals surface area contributed by atoms with Crippen molar-refractivity contribution in [3.63, 3.8) is 0 Å². The third-order valence-corrected chi connectivity index (χ3v) is 5.69. The van der Waals surface area contributed by atoms with E-state index in [-0.39, 0.29) is 11.9 Å². The second kappa shape index (κ2) is 7.64.